The number of rotatable bonds is 4. The molecule has 0 fully saturated rings. The molecular formula is C18H20N2O2. The summed E-state index contributed by atoms with van der Waals surface area (Å²) in [5.41, 5.74) is 4.08. The molecule has 0 aliphatic carbocycles. The number of amides is 1. The van der Waals surface area contributed by atoms with Crippen LogP contribution in [-0.4, -0.2) is 17.6 Å². The first kappa shape index (κ1) is 14.8. The van der Waals surface area contributed by atoms with Gasteiger partial charge in [-0.2, -0.15) is 0 Å². The van der Waals surface area contributed by atoms with Crippen LogP contribution in [0.15, 0.2) is 48.5 Å². The van der Waals surface area contributed by atoms with E-state index in [-0.39, 0.29) is 18.6 Å². The number of fused-ring (bicyclic) bond motifs is 1. The normalized spacial score (nSPS) is 16.9. The average Bonchev–Trinajstić information content (AvgIpc) is 2.59. The van der Waals surface area contributed by atoms with Gasteiger partial charge < -0.3 is 15.7 Å². The van der Waals surface area contributed by atoms with Gasteiger partial charge in [-0.1, -0.05) is 48.5 Å². The lowest BCUT2D eigenvalue weighted by Gasteiger charge is -2.26. The summed E-state index contributed by atoms with van der Waals surface area (Å²) in [5, 5.41) is 15.6. The van der Waals surface area contributed by atoms with Crippen molar-refractivity contribution in [1.29, 1.82) is 0 Å². The third kappa shape index (κ3) is 3.03. The van der Waals surface area contributed by atoms with E-state index in [9.17, 15) is 9.90 Å². The Balaban J connectivity index is 1.71. The molecule has 0 bridgehead atoms. The molecule has 3 N–H and O–H groups in total. The summed E-state index contributed by atoms with van der Waals surface area (Å²) in [5.74, 6) is -0.0279. The van der Waals surface area contributed by atoms with Crippen LogP contribution in [0.5, 0.6) is 0 Å². The largest absolute Gasteiger partial charge is 0.392 e. The van der Waals surface area contributed by atoms with Gasteiger partial charge in [0, 0.05) is 13.1 Å². The quantitative estimate of drug-likeness (QED) is 0.804. The zero-order chi connectivity index (χ0) is 15.4. The molecule has 3 rings (SSSR count). The van der Waals surface area contributed by atoms with Crippen LogP contribution in [0, 0.1) is 0 Å². The van der Waals surface area contributed by atoms with Gasteiger partial charge >= 0.3 is 0 Å². The van der Waals surface area contributed by atoms with E-state index >= 15 is 0 Å². The lowest BCUT2D eigenvalue weighted by molar-refractivity contribution is -0.123. The SMILES string of the molecule is O=C(NCc1ccccc1CO)C1NCCc2ccccc21. The smallest absolute Gasteiger partial charge is 0.242 e. The van der Waals surface area contributed by atoms with E-state index in [2.05, 4.69) is 16.7 Å². The van der Waals surface area contributed by atoms with Gasteiger partial charge in [-0.05, 0) is 28.7 Å². The van der Waals surface area contributed by atoms with Crippen LogP contribution in [-0.2, 0) is 24.4 Å². The minimum atomic E-state index is -0.300. The molecule has 0 spiro atoms. The van der Waals surface area contributed by atoms with Crippen molar-refractivity contribution in [2.75, 3.05) is 6.54 Å². The Bertz CT molecular complexity index is 670. The van der Waals surface area contributed by atoms with Crippen molar-refractivity contribution in [3.05, 3.63) is 70.8 Å². The zero-order valence-corrected chi connectivity index (χ0v) is 12.4. The van der Waals surface area contributed by atoms with Gasteiger partial charge in [0.1, 0.15) is 6.04 Å². The monoisotopic (exact) mass is 296 g/mol. The third-order valence-corrected chi connectivity index (χ3v) is 4.11. The molecule has 1 amide bonds. The van der Waals surface area contributed by atoms with Crippen molar-refractivity contribution in [3.63, 3.8) is 0 Å². The molecular weight excluding hydrogens is 276 g/mol. The fourth-order valence-corrected chi connectivity index (χ4v) is 2.91. The van der Waals surface area contributed by atoms with Gasteiger partial charge in [-0.15, -0.1) is 0 Å². The molecule has 4 nitrogen and oxygen atoms in total. The van der Waals surface area contributed by atoms with Gasteiger partial charge in [0.2, 0.25) is 5.91 Å². The lowest BCUT2D eigenvalue weighted by Crippen LogP contribution is -2.41. The molecule has 1 aliphatic rings. The number of hydrogen-bond acceptors (Lipinski definition) is 3. The summed E-state index contributed by atoms with van der Waals surface area (Å²) in [6.07, 6.45) is 0.952. The number of hydrogen-bond donors (Lipinski definition) is 3. The Kier molecular flexibility index (Phi) is 4.51. The van der Waals surface area contributed by atoms with E-state index < -0.39 is 0 Å². The van der Waals surface area contributed by atoms with E-state index in [0.29, 0.717) is 6.54 Å². The van der Waals surface area contributed by atoms with Crippen molar-refractivity contribution in [3.8, 4) is 0 Å². The summed E-state index contributed by atoms with van der Waals surface area (Å²) < 4.78 is 0. The number of aliphatic hydroxyl groups is 1. The molecule has 0 saturated heterocycles. The second-order valence-corrected chi connectivity index (χ2v) is 5.48. The lowest BCUT2D eigenvalue weighted by atomic mass is 9.94. The Hall–Kier alpha value is -2.17. The zero-order valence-electron chi connectivity index (χ0n) is 12.4. The highest BCUT2D eigenvalue weighted by Crippen LogP contribution is 2.22. The summed E-state index contributed by atoms with van der Waals surface area (Å²) in [4.78, 5) is 12.5. The molecule has 0 saturated carbocycles. The van der Waals surface area contributed by atoms with E-state index in [1.54, 1.807) is 0 Å². The standard InChI is InChI=1S/C18H20N2O2/c21-12-15-7-2-1-6-14(15)11-20-18(22)17-16-8-4-3-5-13(16)9-10-19-17/h1-8,17,19,21H,9-12H2,(H,20,22). The minimum Gasteiger partial charge on any atom is -0.392 e. The van der Waals surface area contributed by atoms with Gasteiger partial charge in [-0.25, -0.2) is 0 Å². The number of carbonyl (C=O) groups excluding carboxylic acids is 1. The molecule has 2 aromatic rings. The van der Waals surface area contributed by atoms with Crippen LogP contribution in [0.2, 0.25) is 0 Å². The van der Waals surface area contributed by atoms with Crippen LogP contribution >= 0.6 is 0 Å². The first-order chi connectivity index (χ1) is 10.8. The Morgan fingerprint density at radius 1 is 1.14 bits per heavy atom. The molecule has 1 atom stereocenters. The molecule has 1 heterocycles. The van der Waals surface area contributed by atoms with Crippen LogP contribution in [0.3, 0.4) is 0 Å². The predicted molar refractivity (Wildman–Crippen MR) is 85.1 cm³/mol. The predicted octanol–water partition coefficient (Wildman–Crippen LogP) is 1.68. The first-order valence-electron chi connectivity index (χ1n) is 7.56. The highest BCUT2D eigenvalue weighted by molar-refractivity contribution is 5.84. The summed E-state index contributed by atoms with van der Waals surface area (Å²) in [6.45, 7) is 1.22. The van der Waals surface area contributed by atoms with E-state index in [1.165, 1.54) is 5.56 Å². The third-order valence-electron chi connectivity index (χ3n) is 4.11. The fraction of sp³-hybridized carbons (Fsp3) is 0.278. The van der Waals surface area contributed by atoms with Crippen molar-refractivity contribution in [2.45, 2.75) is 25.6 Å². The van der Waals surface area contributed by atoms with Gasteiger partial charge in [0.05, 0.1) is 6.61 Å². The number of benzene rings is 2. The van der Waals surface area contributed by atoms with Crippen LogP contribution in [0.1, 0.15) is 28.3 Å². The second-order valence-electron chi connectivity index (χ2n) is 5.48. The minimum absolute atomic E-state index is 0.0173. The van der Waals surface area contributed by atoms with Gasteiger partial charge in [0.15, 0.2) is 0 Å². The van der Waals surface area contributed by atoms with E-state index in [4.69, 9.17) is 0 Å². The summed E-state index contributed by atoms with van der Waals surface area (Å²) >= 11 is 0. The highest BCUT2D eigenvalue weighted by atomic mass is 16.3. The molecule has 2 aromatic carbocycles. The Morgan fingerprint density at radius 3 is 2.68 bits per heavy atom. The maximum atomic E-state index is 12.5. The van der Waals surface area contributed by atoms with Crippen molar-refractivity contribution in [2.24, 2.45) is 0 Å². The number of aliphatic hydroxyl groups excluding tert-OH is 1. The van der Waals surface area contributed by atoms with E-state index in [0.717, 1.165) is 29.7 Å². The highest BCUT2D eigenvalue weighted by Gasteiger charge is 2.25. The summed E-state index contributed by atoms with van der Waals surface area (Å²) in [6, 6.07) is 15.4. The van der Waals surface area contributed by atoms with Crippen molar-refractivity contribution in [1.82, 2.24) is 10.6 Å². The molecule has 1 aliphatic heterocycles. The topological polar surface area (TPSA) is 61.4 Å². The Morgan fingerprint density at radius 2 is 1.86 bits per heavy atom. The van der Waals surface area contributed by atoms with Gasteiger partial charge in [-0.3, -0.25) is 4.79 Å². The maximum absolute atomic E-state index is 12.5. The van der Waals surface area contributed by atoms with Crippen molar-refractivity contribution >= 4 is 5.91 Å². The average molecular weight is 296 g/mol. The summed E-state index contributed by atoms with van der Waals surface area (Å²) in [7, 11) is 0. The number of nitrogens with one attached hydrogen (secondary N) is 2. The molecule has 4 heteroatoms. The van der Waals surface area contributed by atoms with E-state index in [1.807, 2.05) is 42.5 Å². The molecule has 0 radical (unpaired) electrons. The maximum Gasteiger partial charge on any atom is 0.242 e. The molecule has 0 aromatic heterocycles. The fourth-order valence-electron chi connectivity index (χ4n) is 2.91. The molecule has 22 heavy (non-hydrogen) atoms. The van der Waals surface area contributed by atoms with Crippen molar-refractivity contribution < 1.29 is 9.90 Å². The van der Waals surface area contributed by atoms with Crippen LogP contribution in [0.25, 0.3) is 0 Å². The Labute approximate surface area is 130 Å². The number of carbonyl (C=O) groups is 1. The second kappa shape index (κ2) is 6.73. The molecule has 1 unspecified atom stereocenters. The van der Waals surface area contributed by atoms with Gasteiger partial charge in [0.25, 0.3) is 0 Å². The van der Waals surface area contributed by atoms with Crippen LogP contribution < -0.4 is 10.6 Å². The first-order valence-corrected chi connectivity index (χ1v) is 7.56. The molecule has 114 valence electrons. The van der Waals surface area contributed by atoms with Crippen LogP contribution in [0.4, 0.5) is 0 Å².